The standard InChI is InChI=1S/C9H9Br3O/c1-4-6(10)8(12)7(11)5(2)9(4)13-3/h1-3H3. The molecule has 0 aliphatic carbocycles. The summed E-state index contributed by atoms with van der Waals surface area (Å²) < 4.78 is 8.40. The molecule has 0 amide bonds. The summed E-state index contributed by atoms with van der Waals surface area (Å²) in [5.41, 5.74) is 2.21. The molecule has 0 aromatic heterocycles. The van der Waals surface area contributed by atoms with Crippen molar-refractivity contribution >= 4 is 47.8 Å². The molecule has 0 radical (unpaired) electrons. The molecule has 0 spiro atoms. The van der Waals surface area contributed by atoms with Crippen LogP contribution >= 0.6 is 47.8 Å². The van der Waals surface area contributed by atoms with Gasteiger partial charge < -0.3 is 4.74 Å². The van der Waals surface area contributed by atoms with Gasteiger partial charge in [0.2, 0.25) is 0 Å². The van der Waals surface area contributed by atoms with Crippen LogP contribution in [0.3, 0.4) is 0 Å². The van der Waals surface area contributed by atoms with Crippen LogP contribution in [-0.4, -0.2) is 7.11 Å². The Morgan fingerprint density at radius 2 is 1.23 bits per heavy atom. The quantitative estimate of drug-likeness (QED) is 0.655. The lowest BCUT2D eigenvalue weighted by atomic mass is 10.1. The highest BCUT2D eigenvalue weighted by molar-refractivity contribution is 9.14. The minimum absolute atomic E-state index is 0.918. The lowest BCUT2D eigenvalue weighted by molar-refractivity contribution is 0.407. The maximum Gasteiger partial charge on any atom is 0.127 e. The zero-order chi connectivity index (χ0) is 10.2. The van der Waals surface area contributed by atoms with Gasteiger partial charge in [0.15, 0.2) is 0 Å². The van der Waals surface area contributed by atoms with Crippen LogP contribution < -0.4 is 4.74 Å². The van der Waals surface area contributed by atoms with Gasteiger partial charge in [0.1, 0.15) is 5.75 Å². The minimum atomic E-state index is 0.918. The van der Waals surface area contributed by atoms with Crippen LogP contribution in [-0.2, 0) is 0 Å². The second-order valence-corrected chi connectivity index (χ2v) is 5.10. The highest BCUT2D eigenvalue weighted by Crippen LogP contribution is 2.42. The number of ether oxygens (including phenoxy) is 1. The Labute approximate surface area is 103 Å². The van der Waals surface area contributed by atoms with Gasteiger partial charge in [-0.15, -0.1) is 0 Å². The van der Waals surface area contributed by atoms with E-state index in [1.165, 1.54) is 0 Å². The molecule has 0 fully saturated rings. The van der Waals surface area contributed by atoms with Crippen molar-refractivity contribution in [1.29, 1.82) is 0 Å². The number of benzene rings is 1. The van der Waals surface area contributed by atoms with E-state index in [2.05, 4.69) is 47.8 Å². The topological polar surface area (TPSA) is 9.23 Å². The lowest BCUT2D eigenvalue weighted by Gasteiger charge is -2.13. The van der Waals surface area contributed by atoms with E-state index in [4.69, 9.17) is 4.74 Å². The molecule has 0 bridgehead atoms. The Hall–Kier alpha value is 0.460. The van der Waals surface area contributed by atoms with Crippen molar-refractivity contribution < 1.29 is 4.74 Å². The van der Waals surface area contributed by atoms with E-state index < -0.39 is 0 Å². The van der Waals surface area contributed by atoms with Crippen molar-refractivity contribution in [3.63, 3.8) is 0 Å². The van der Waals surface area contributed by atoms with Gasteiger partial charge in [0.25, 0.3) is 0 Å². The van der Waals surface area contributed by atoms with Crippen molar-refractivity contribution in [2.45, 2.75) is 13.8 Å². The van der Waals surface area contributed by atoms with Gasteiger partial charge in [-0.2, -0.15) is 0 Å². The van der Waals surface area contributed by atoms with Crippen molar-refractivity contribution in [1.82, 2.24) is 0 Å². The molecule has 0 atom stereocenters. The third-order valence-corrected chi connectivity index (χ3v) is 5.77. The van der Waals surface area contributed by atoms with Gasteiger partial charge >= 0.3 is 0 Å². The van der Waals surface area contributed by atoms with Crippen LogP contribution in [0.15, 0.2) is 13.4 Å². The summed E-state index contributed by atoms with van der Waals surface area (Å²) in [5, 5.41) is 0. The third kappa shape index (κ3) is 1.95. The maximum atomic E-state index is 5.31. The monoisotopic (exact) mass is 370 g/mol. The average Bonchev–Trinajstić information content (AvgIpc) is 2.13. The summed E-state index contributed by atoms with van der Waals surface area (Å²) >= 11 is 10.5. The minimum Gasteiger partial charge on any atom is -0.496 e. The molecule has 1 rings (SSSR count). The van der Waals surface area contributed by atoms with Gasteiger partial charge in [-0.3, -0.25) is 0 Å². The fourth-order valence-corrected chi connectivity index (χ4v) is 2.83. The first-order chi connectivity index (χ1) is 6.00. The van der Waals surface area contributed by atoms with Gasteiger partial charge in [0, 0.05) is 24.5 Å². The van der Waals surface area contributed by atoms with Crippen LogP contribution in [0.2, 0.25) is 0 Å². The molecule has 0 aliphatic heterocycles. The third-order valence-electron chi connectivity index (χ3n) is 1.93. The highest BCUT2D eigenvalue weighted by Gasteiger charge is 2.15. The molecule has 0 heterocycles. The highest BCUT2D eigenvalue weighted by atomic mass is 79.9. The van der Waals surface area contributed by atoms with Crippen LogP contribution in [0.5, 0.6) is 5.75 Å². The average molecular weight is 373 g/mol. The molecular formula is C9H9Br3O. The largest absolute Gasteiger partial charge is 0.496 e. The Kier molecular flexibility index (Phi) is 3.83. The molecule has 0 saturated heterocycles. The number of hydrogen-bond donors (Lipinski definition) is 0. The van der Waals surface area contributed by atoms with E-state index >= 15 is 0 Å². The zero-order valence-corrected chi connectivity index (χ0v) is 12.3. The van der Waals surface area contributed by atoms with E-state index in [9.17, 15) is 0 Å². The zero-order valence-electron chi connectivity index (χ0n) is 7.54. The predicted octanol–water partition coefficient (Wildman–Crippen LogP) is 4.60. The van der Waals surface area contributed by atoms with Gasteiger partial charge in [-0.1, -0.05) is 0 Å². The Morgan fingerprint density at radius 1 is 0.846 bits per heavy atom. The predicted molar refractivity (Wildman–Crippen MR) is 65.6 cm³/mol. The second-order valence-electron chi connectivity index (χ2n) is 2.73. The van der Waals surface area contributed by atoms with Crippen LogP contribution in [0.25, 0.3) is 0 Å². The van der Waals surface area contributed by atoms with Crippen molar-refractivity contribution in [3.05, 3.63) is 24.5 Å². The Balaban J connectivity index is 3.56. The van der Waals surface area contributed by atoms with Crippen molar-refractivity contribution in [3.8, 4) is 5.75 Å². The summed E-state index contributed by atoms with van der Waals surface area (Å²) in [7, 11) is 1.68. The van der Waals surface area contributed by atoms with E-state index in [-0.39, 0.29) is 0 Å². The SMILES string of the molecule is COc1c(C)c(Br)c(Br)c(Br)c1C. The first-order valence-electron chi connectivity index (χ1n) is 3.68. The summed E-state index contributed by atoms with van der Waals surface area (Å²) in [6.07, 6.45) is 0. The number of rotatable bonds is 1. The van der Waals surface area contributed by atoms with Crippen molar-refractivity contribution in [2.75, 3.05) is 7.11 Å². The number of hydrogen-bond acceptors (Lipinski definition) is 1. The normalized spacial score (nSPS) is 10.3. The molecule has 72 valence electrons. The van der Waals surface area contributed by atoms with E-state index in [1.807, 2.05) is 13.8 Å². The van der Waals surface area contributed by atoms with Crippen LogP contribution in [0, 0.1) is 13.8 Å². The van der Waals surface area contributed by atoms with Gasteiger partial charge in [0.05, 0.1) is 7.11 Å². The molecule has 0 aliphatic rings. The Morgan fingerprint density at radius 3 is 1.54 bits per heavy atom. The molecule has 13 heavy (non-hydrogen) atoms. The molecule has 0 N–H and O–H groups in total. The molecule has 1 aromatic carbocycles. The summed E-state index contributed by atoms with van der Waals surface area (Å²) in [6.45, 7) is 4.04. The lowest BCUT2D eigenvalue weighted by Crippen LogP contribution is -1.94. The van der Waals surface area contributed by atoms with Crippen molar-refractivity contribution in [2.24, 2.45) is 0 Å². The van der Waals surface area contributed by atoms with Gasteiger partial charge in [-0.05, 0) is 61.6 Å². The molecule has 0 saturated carbocycles. The fraction of sp³-hybridized carbons (Fsp3) is 0.333. The smallest absolute Gasteiger partial charge is 0.127 e. The summed E-state index contributed by atoms with van der Waals surface area (Å²) in [4.78, 5) is 0. The number of methoxy groups -OCH3 is 1. The molecule has 0 unspecified atom stereocenters. The van der Waals surface area contributed by atoms with E-state index in [0.717, 1.165) is 30.3 Å². The number of halogens is 3. The molecule has 4 heteroatoms. The molecule has 1 nitrogen and oxygen atoms in total. The summed E-state index contributed by atoms with van der Waals surface area (Å²) in [6, 6.07) is 0. The molecular weight excluding hydrogens is 364 g/mol. The van der Waals surface area contributed by atoms with E-state index in [1.54, 1.807) is 7.11 Å². The first kappa shape index (κ1) is 11.5. The summed E-state index contributed by atoms with van der Waals surface area (Å²) in [5.74, 6) is 0.918. The Bertz CT molecular complexity index is 318. The second kappa shape index (κ2) is 4.32. The van der Waals surface area contributed by atoms with Crippen LogP contribution in [0.1, 0.15) is 11.1 Å². The fourth-order valence-electron chi connectivity index (χ4n) is 1.21. The first-order valence-corrected chi connectivity index (χ1v) is 6.06. The van der Waals surface area contributed by atoms with Gasteiger partial charge in [-0.25, -0.2) is 0 Å². The van der Waals surface area contributed by atoms with Crippen LogP contribution in [0.4, 0.5) is 0 Å². The maximum absolute atomic E-state index is 5.31. The van der Waals surface area contributed by atoms with E-state index in [0.29, 0.717) is 0 Å². The molecule has 1 aromatic rings.